The zero-order valence-electron chi connectivity index (χ0n) is 26.7. The third kappa shape index (κ3) is 4.38. The van der Waals surface area contributed by atoms with Crippen LogP contribution in [0.3, 0.4) is 0 Å². The Morgan fingerprint density at radius 1 is 0.460 bits per heavy atom. The Morgan fingerprint density at radius 3 is 1.68 bits per heavy atom. The van der Waals surface area contributed by atoms with E-state index in [2.05, 4.69) is 122 Å². The second kappa shape index (κ2) is 11.4. The van der Waals surface area contributed by atoms with Gasteiger partial charge in [0.1, 0.15) is 0 Å². The molecule has 0 fully saturated rings. The quantitative estimate of drug-likeness (QED) is 0.177. The van der Waals surface area contributed by atoms with Crippen LogP contribution in [0.4, 0.5) is 11.4 Å². The normalized spacial score (nSPS) is 11.1. The minimum atomic E-state index is 0.391. The molecule has 7 aromatic carbocycles. The number of para-hydroxylation sites is 3. The van der Waals surface area contributed by atoms with Crippen molar-refractivity contribution in [1.29, 1.82) is 5.26 Å². The summed E-state index contributed by atoms with van der Waals surface area (Å²) in [6.07, 6.45) is 0. The van der Waals surface area contributed by atoms with Crippen molar-refractivity contribution in [3.63, 3.8) is 0 Å². The summed E-state index contributed by atoms with van der Waals surface area (Å²) in [5.74, 6) is 0. The molecule has 0 aliphatic carbocycles. The van der Waals surface area contributed by atoms with Gasteiger partial charge in [0.05, 0.1) is 46.8 Å². The number of fused-ring (bicyclic) bond motifs is 6. The third-order valence-electron chi connectivity index (χ3n) is 9.57. The Balaban J connectivity index is 1.20. The van der Waals surface area contributed by atoms with Crippen molar-refractivity contribution in [1.82, 2.24) is 9.13 Å². The summed E-state index contributed by atoms with van der Waals surface area (Å²) in [6, 6.07) is 53.6. The molecule has 0 N–H and O–H groups in total. The van der Waals surface area contributed by atoms with Crippen molar-refractivity contribution < 1.29 is 0 Å². The van der Waals surface area contributed by atoms with Crippen LogP contribution in [0.2, 0.25) is 0 Å². The summed E-state index contributed by atoms with van der Waals surface area (Å²) in [6.45, 7) is 15.4. The summed E-state index contributed by atoms with van der Waals surface area (Å²) in [4.78, 5) is 7.40. The highest BCUT2D eigenvalue weighted by Crippen LogP contribution is 2.41. The topological polar surface area (TPSA) is 42.4 Å². The predicted octanol–water partition coefficient (Wildman–Crippen LogP) is 12.2. The van der Waals surface area contributed by atoms with E-state index in [9.17, 15) is 5.26 Å². The second-order valence-electron chi connectivity index (χ2n) is 12.3. The predicted molar refractivity (Wildman–Crippen MR) is 203 cm³/mol. The van der Waals surface area contributed by atoms with Crippen LogP contribution in [0.5, 0.6) is 0 Å². The van der Waals surface area contributed by atoms with E-state index in [4.69, 9.17) is 13.1 Å². The molecule has 0 spiro atoms. The fourth-order valence-electron chi connectivity index (χ4n) is 7.39. The molecule has 0 aliphatic rings. The highest BCUT2D eigenvalue weighted by molar-refractivity contribution is 6.11. The van der Waals surface area contributed by atoms with Gasteiger partial charge in [-0.25, -0.2) is 9.69 Å². The molecule has 0 amide bonds. The van der Waals surface area contributed by atoms with Crippen LogP contribution in [-0.2, 0) is 0 Å². The number of benzene rings is 7. The van der Waals surface area contributed by atoms with E-state index in [-0.39, 0.29) is 0 Å². The first kappa shape index (κ1) is 28.8. The van der Waals surface area contributed by atoms with Crippen LogP contribution in [0.25, 0.3) is 86.9 Å². The molecule has 9 rings (SSSR count). The molecular weight excluding hydrogens is 611 g/mol. The maximum atomic E-state index is 10.4. The van der Waals surface area contributed by atoms with Crippen LogP contribution in [0, 0.1) is 24.5 Å². The molecule has 50 heavy (non-hydrogen) atoms. The molecule has 0 saturated carbocycles. The lowest BCUT2D eigenvalue weighted by Crippen LogP contribution is -1.99. The van der Waals surface area contributed by atoms with Gasteiger partial charge in [-0.1, -0.05) is 97.1 Å². The monoisotopic (exact) mass is 635 g/mol. The summed E-state index contributed by atoms with van der Waals surface area (Å²) >= 11 is 0. The first-order chi connectivity index (χ1) is 24.7. The van der Waals surface area contributed by atoms with E-state index < -0.39 is 0 Å². The number of nitrogens with zero attached hydrogens (tertiary/aromatic N) is 5. The summed E-state index contributed by atoms with van der Waals surface area (Å²) in [5, 5.41) is 14.8. The molecule has 0 radical (unpaired) electrons. The summed E-state index contributed by atoms with van der Waals surface area (Å²) in [7, 11) is 0. The van der Waals surface area contributed by atoms with Gasteiger partial charge >= 0.3 is 0 Å². The average molecular weight is 636 g/mol. The van der Waals surface area contributed by atoms with Gasteiger partial charge in [0.2, 0.25) is 0 Å². The maximum absolute atomic E-state index is 10.4. The third-order valence-corrected chi connectivity index (χ3v) is 9.57. The van der Waals surface area contributed by atoms with Crippen LogP contribution in [-0.4, -0.2) is 9.13 Å². The smallest absolute Gasteiger partial charge is 0.190 e. The highest BCUT2D eigenvalue weighted by atomic mass is 15.0. The minimum absolute atomic E-state index is 0.391. The van der Waals surface area contributed by atoms with Gasteiger partial charge in [-0.3, -0.25) is 0 Å². The van der Waals surface area contributed by atoms with Crippen molar-refractivity contribution >= 4 is 55.0 Å². The number of aromatic nitrogens is 2. The standard InChI is InChI=1S/C45H25N5/c1-47-33-22-23-43-39(26-33)38-14-5-8-17-42(38)50(43)44-27-34(48-2)24-32(28-46)45(44)30-20-18-29(19-21-30)31-10-9-11-35(25-31)49-40-15-6-3-12-36(40)37-13-4-7-16-41(37)49/h3-27H. The average Bonchev–Trinajstić information content (AvgIpc) is 3.70. The summed E-state index contributed by atoms with van der Waals surface area (Å²) in [5.41, 5.74) is 11.1. The first-order valence-corrected chi connectivity index (χ1v) is 16.2. The van der Waals surface area contributed by atoms with Crippen molar-refractivity contribution in [2.24, 2.45) is 0 Å². The zero-order chi connectivity index (χ0) is 33.8. The van der Waals surface area contributed by atoms with Gasteiger partial charge in [-0.15, -0.1) is 0 Å². The lowest BCUT2D eigenvalue weighted by molar-refractivity contribution is 1.18. The fraction of sp³-hybridized carbons (Fsp3) is 0. The molecule has 5 nitrogen and oxygen atoms in total. The molecular formula is C45H25N5. The second-order valence-corrected chi connectivity index (χ2v) is 12.3. The molecule has 9 aromatic rings. The van der Waals surface area contributed by atoms with Gasteiger partial charge in [0, 0.05) is 33.1 Å². The lowest BCUT2D eigenvalue weighted by Gasteiger charge is -2.17. The van der Waals surface area contributed by atoms with Crippen molar-refractivity contribution in [3.05, 3.63) is 180 Å². The molecule has 0 aliphatic heterocycles. The highest BCUT2D eigenvalue weighted by Gasteiger charge is 2.20. The van der Waals surface area contributed by atoms with Gasteiger partial charge in [-0.05, 0) is 76.7 Å². The van der Waals surface area contributed by atoms with Crippen LogP contribution >= 0.6 is 0 Å². The van der Waals surface area contributed by atoms with E-state index in [1.54, 1.807) is 6.07 Å². The molecule has 0 saturated heterocycles. The van der Waals surface area contributed by atoms with E-state index in [1.807, 2.05) is 48.5 Å². The number of hydrogen-bond donors (Lipinski definition) is 0. The molecule has 0 atom stereocenters. The molecule has 0 unspecified atom stereocenters. The van der Waals surface area contributed by atoms with Crippen LogP contribution in [0.15, 0.2) is 152 Å². The van der Waals surface area contributed by atoms with E-state index in [0.29, 0.717) is 16.9 Å². The molecule has 230 valence electrons. The van der Waals surface area contributed by atoms with Crippen molar-refractivity contribution in [2.75, 3.05) is 0 Å². The summed E-state index contributed by atoms with van der Waals surface area (Å²) < 4.78 is 4.44. The molecule has 2 aromatic heterocycles. The SMILES string of the molecule is [C-]#[N+]c1cc(C#N)c(-c2ccc(-c3cccc(-n4c5ccccc5c5ccccc54)c3)cc2)c(-n2c3ccccc3c3cc([N+]#[C-])ccc32)c1. The van der Waals surface area contributed by atoms with Crippen molar-refractivity contribution in [3.8, 4) is 39.7 Å². The van der Waals surface area contributed by atoms with E-state index in [1.165, 1.54) is 10.8 Å². The van der Waals surface area contributed by atoms with Gasteiger partial charge in [-0.2, -0.15) is 5.26 Å². The minimum Gasteiger partial charge on any atom is -0.310 e. The first-order valence-electron chi connectivity index (χ1n) is 16.2. The van der Waals surface area contributed by atoms with Crippen molar-refractivity contribution in [2.45, 2.75) is 0 Å². The largest absolute Gasteiger partial charge is 0.310 e. The molecule has 2 heterocycles. The lowest BCUT2D eigenvalue weighted by atomic mass is 9.95. The number of rotatable bonds is 4. The van der Waals surface area contributed by atoms with Crippen LogP contribution in [0.1, 0.15) is 5.56 Å². The Labute approximate surface area is 288 Å². The van der Waals surface area contributed by atoms with E-state index >= 15 is 0 Å². The molecule has 0 bridgehead atoms. The van der Waals surface area contributed by atoms with Gasteiger partial charge in [0.25, 0.3) is 0 Å². The Kier molecular flexibility index (Phi) is 6.56. The maximum Gasteiger partial charge on any atom is 0.190 e. The fourth-order valence-corrected chi connectivity index (χ4v) is 7.39. The van der Waals surface area contributed by atoms with E-state index in [0.717, 1.165) is 66.5 Å². The van der Waals surface area contributed by atoms with Gasteiger partial charge in [0.15, 0.2) is 11.4 Å². The molecule has 5 heteroatoms. The number of hydrogen-bond acceptors (Lipinski definition) is 1. The number of nitriles is 1. The van der Waals surface area contributed by atoms with Crippen LogP contribution < -0.4 is 0 Å². The Hall–Kier alpha value is -7.39. The Morgan fingerprint density at radius 2 is 1.04 bits per heavy atom. The zero-order valence-corrected chi connectivity index (χ0v) is 26.7. The van der Waals surface area contributed by atoms with Gasteiger partial charge < -0.3 is 9.13 Å². The Bertz CT molecular complexity index is 2900.